The Balaban J connectivity index is 2.38. The highest BCUT2D eigenvalue weighted by molar-refractivity contribution is 5.95. The van der Waals surface area contributed by atoms with Crippen molar-refractivity contribution in [1.29, 1.82) is 0 Å². The van der Waals surface area contributed by atoms with E-state index in [1.54, 1.807) is 19.2 Å². The van der Waals surface area contributed by atoms with Gasteiger partial charge in [0.25, 0.3) is 0 Å². The van der Waals surface area contributed by atoms with Gasteiger partial charge in [0, 0.05) is 18.5 Å². The van der Waals surface area contributed by atoms with Gasteiger partial charge in [-0.2, -0.15) is 4.98 Å². The van der Waals surface area contributed by atoms with Crippen molar-refractivity contribution >= 4 is 17.4 Å². The molecule has 2 heterocycles. The van der Waals surface area contributed by atoms with Crippen molar-refractivity contribution in [2.45, 2.75) is 33.2 Å². The number of ether oxygens (including phenoxy) is 1. The fraction of sp³-hybridized carbons (Fsp3) is 0.538. The molecule has 0 bridgehead atoms. The fourth-order valence-electron chi connectivity index (χ4n) is 1.89. The molecule has 1 unspecified atom stereocenters. The third kappa shape index (κ3) is 2.55. The maximum Gasteiger partial charge on any atom is 0.226 e. The second-order valence-electron chi connectivity index (χ2n) is 5.57. The van der Waals surface area contributed by atoms with E-state index in [4.69, 9.17) is 4.74 Å². The minimum Gasteiger partial charge on any atom is -0.481 e. The summed E-state index contributed by atoms with van der Waals surface area (Å²) in [6, 6.07) is 3.58. The van der Waals surface area contributed by atoms with Crippen LogP contribution >= 0.6 is 0 Å². The largest absolute Gasteiger partial charge is 0.481 e. The molecular formula is C13H19N3O2. The van der Waals surface area contributed by atoms with Gasteiger partial charge in [0.1, 0.15) is 0 Å². The molecule has 2 rings (SSSR count). The molecule has 0 saturated carbocycles. The average molecular weight is 249 g/mol. The summed E-state index contributed by atoms with van der Waals surface area (Å²) < 4.78 is 5.10. The lowest BCUT2D eigenvalue weighted by Crippen LogP contribution is -2.35. The number of fused-ring (bicyclic) bond motifs is 1. The summed E-state index contributed by atoms with van der Waals surface area (Å²) >= 11 is 0. The van der Waals surface area contributed by atoms with Gasteiger partial charge in [-0.1, -0.05) is 20.8 Å². The monoisotopic (exact) mass is 249 g/mol. The Morgan fingerprint density at radius 2 is 2.11 bits per heavy atom. The molecule has 1 amide bonds. The number of aromatic nitrogens is 1. The second kappa shape index (κ2) is 4.48. The number of rotatable bonds is 1. The Bertz CT molecular complexity index is 466. The number of anilines is 2. The molecule has 0 spiro atoms. The summed E-state index contributed by atoms with van der Waals surface area (Å²) in [5.74, 6) is 1.21. The highest BCUT2D eigenvalue weighted by Crippen LogP contribution is 2.32. The van der Waals surface area contributed by atoms with Crippen LogP contribution in [-0.2, 0) is 4.79 Å². The standard InChI is InChI=1S/C13H19N3O2/c1-13(2,3)9-7-10(17)14-8-5-6-11(18-4)16-12(8)15-9/h5-6,9H,7H2,1-4H3,(H,14,17)(H,15,16). The summed E-state index contributed by atoms with van der Waals surface area (Å²) in [5, 5.41) is 6.19. The predicted molar refractivity (Wildman–Crippen MR) is 70.9 cm³/mol. The molecule has 0 saturated heterocycles. The highest BCUT2D eigenvalue weighted by atomic mass is 16.5. The molecule has 0 fully saturated rings. The molecule has 18 heavy (non-hydrogen) atoms. The van der Waals surface area contributed by atoms with Crippen molar-refractivity contribution in [1.82, 2.24) is 4.98 Å². The first-order valence-electron chi connectivity index (χ1n) is 6.01. The van der Waals surface area contributed by atoms with Crippen LogP contribution in [0.2, 0.25) is 0 Å². The zero-order chi connectivity index (χ0) is 13.3. The van der Waals surface area contributed by atoms with Gasteiger partial charge in [-0.15, -0.1) is 0 Å². The molecule has 1 aromatic rings. The summed E-state index contributed by atoms with van der Waals surface area (Å²) in [4.78, 5) is 16.2. The van der Waals surface area contributed by atoms with Gasteiger partial charge >= 0.3 is 0 Å². The SMILES string of the molecule is COc1ccc2c(n1)NC(C(C)(C)C)CC(=O)N2. The van der Waals surface area contributed by atoms with Crippen LogP contribution in [0.4, 0.5) is 11.5 Å². The third-order valence-electron chi connectivity index (χ3n) is 3.10. The number of pyridine rings is 1. The van der Waals surface area contributed by atoms with E-state index in [-0.39, 0.29) is 17.4 Å². The zero-order valence-electron chi connectivity index (χ0n) is 11.2. The van der Waals surface area contributed by atoms with Crippen LogP contribution in [0.3, 0.4) is 0 Å². The number of nitrogens with one attached hydrogen (secondary N) is 2. The van der Waals surface area contributed by atoms with Crippen molar-refractivity contribution in [3.05, 3.63) is 12.1 Å². The van der Waals surface area contributed by atoms with Crippen LogP contribution in [0.15, 0.2) is 12.1 Å². The number of carbonyl (C=O) groups is 1. The normalized spacial score (nSPS) is 19.3. The van der Waals surface area contributed by atoms with Crippen molar-refractivity contribution in [3.63, 3.8) is 0 Å². The van der Waals surface area contributed by atoms with Crippen molar-refractivity contribution in [2.75, 3.05) is 17.7 Å². The molecule has 98 valence electrons. The average Bonchev–Trinajstić information content (AvgIpc) is 2.45. The van der Waals surface area contributed by atoms with Crippen LogP contribution < -0.4 is 15.4 Å². The van der Waals surface area contributed by atoms with Gasteiger partial charge < -0.3 is 15.4 Å². The molecule has 1 atom stereocenters. The lowest BCUT2D eigenvalue weighted by atomic mass is 9.85. The number of amides is 1. The molecule has 0 aromatic carbocycles. The van der Waals surface area contributed by atoms with E-state index < -0.39 is 0 Å². The van der Waals surface area contributed by atoms with E-state index in [1.165, 1.54) is 0 Å². The molecule has 1 aliphatic rings. The van der Waals surface area contributed by atoms with E-state index in [0.717, 1.165) is 0 Å². The van der Waals surface area contributed by atoms with Crippen LogP contribution in [0.1, 0.15) is 27.2 Å². The highest BCUT2D eigenvalue weighted by Gasteiger charge is 2.30. The van der Waals surface area contributed by atoms with E-state index in [0.29, 0.717) is 23.8 Å². The number of carbonyl (C=O) groups excluding carboxylic acids is 1. The lowest BCUT2D eigenvalue weighted by molar-refractivity contribution is -0.116. The fourth-order valence-corrected chi connectivity index (χ4v) is 1.89. The van der Waals surface area contributed by atoms with E-state index in [1.807, 2.05) is 0 Å². The van der Waals surface area contributed by atoms with Crippen molar-refractivity contribution in [3.8, 4) is 5.88 Å². The van der Waals surface area contributed by atoms with Gasteiger partial charge in [-0.05, 0) is 11.5 Å². The number of hydrogen-bond donors (Lipinski definition) is 2. The van der Waals surface area contributed by atoms with E-state index in [2.05, 4.69) is 36.4 Å². The Kier molecular flexibility index (Phi) is 3.15. The van der Waals surface area contributed by atoms with Gasteiger partial charge in [0.05, 0.1) is 12.8 Å². The smallest absolute Gasteiger partial charge is 0.226 e. The Morgan fingerprint density at radius 1 is 1.39 bits per heavy atom. The minimum absolute atomic E-state index is 0.00754. The van der Waals surface area contributed by atoms with Gasteiger partial charge in [-0.25, -0.2) is 0 Å². The van der Waals surface area contributed by atoms with Crippen LogP contribution in [0.25, 0.3) is 0 Å². The first-order valence-corrected chi connectivity index (χ1v) is 6.01. The topological polar surface area (TPSA) is 63.2 Å². The van der Waals surface area contributed by atoms with Crippen LogP contribution in [0.5, 0.6) is 5.88 Å². The summed E-state index contributed by atoms with van der Waals surface area (Å²) in [5.41, 5.74) is 0.677. The van der Waals surface area contributed by atoms with E-state index >= 15 is 0 Å². The number of hydrogen-bond acceptors (Lipinski definition) is 4. The van der Waals surface area contributed by atoms with Gasteiger partial charge in [-0.3, -0.25) is 4.79 Å². The molecule has 2 N–H and O–H groups in total. The minimum atomic E-state index is -0.0241. The maximum atomic E-state index is 11.8. The predicted octanol–water partition coefficient (Wildman–Crippen LogP) is 2.26. The Labute approximate surface area is 107 Å². The summed E-state index contributed by atoms with van der Waals surface area (Å²) in [6.07, 6.45) is 0.433. The molecule has 0 aliphatic carbocycles. The number of methoxy groups -OCH3 is 1. The van der Waals surface area contributed by atoms with Crippen molar-refractivity contribution in [2.24, 2.45) is 5.41 Å². The van der Waals surface area contributed by atoms with Crippen LogP contribution in [0, 0.1) is 5.41 Å². The zero-order valence-corrected chi connectivity index (χ0v) is 11.2. The Morgan fingerprint density at radius 3 is 2.72 bits per heavy atom. The van der Waals surface area contributed by atoms with Gasteiger partial charge in [0.15, 0.2) is 5.82 Å². The number of nitrogens with zero attached hydrogens (tertiary/aromatic N) is 1. The molecule has 5 heteroatoms. The second-order valence-corrected chi connectivity index (χ2v) is 5.57. The molecule has 1 aliphatic heterocycles. The van der Waals surface area contributed by atoms with Crippen LogP contribution in [-0.4, -0.2) is 24.0 Å². The van der Waals surface area contributed by atoms with E-state index in [9.17, 15) is 4.79 Å². The molecule has 0 radical (unpaired) electrons. The lowest BCUT2D eigenvalue weighted by Gasteiger charge is -2.30. The first kappa shape index (κ1) is 12.7. The maximum absolute atomic E-state index is 11.8. The first-order chi connectivity index (χ1) is 8.40. The summed E-state index contributed by atoms with van der Waals surface area (Å²) in [7, 11) is 1.57. The Hall–Kier alpha value is -1.78. The molecule has 1 aromatic heterocycles. The molecular weight excluding hydrogens is 230 g/mol. The third-order valence-corrected chi connectivity index (χ3v) is 3.10. The summed E-state index contributed by atoms with van der Waals surface area (Å²) in [6.45, 7) is 6.30. The van der Waals surface area contributed by atoms with Gasteiger partial charge in [0.2, 0.25) is 11.8 Å². The molecule has 5 nitrogen and oxygen atoms in total. The quantitative estimate of drug-likeness (QED) is 0.801. The van der Waals surface area contributed by atoms with Crippen molar-refractivity contribution < 1.29 is 9.53 Å².